The van der Waals surface area contributed by atoms with E-state index in [1.807, 2.05) is 19.9 Å². The van der Waals surface area contributed by atoms with E-state index in [2.05, 4.69) is 5.32 Å². The van der Waals surface area contributed by atoms with Crippen LogP contribution in [-0.4, -0.2) is 19.3 Å². The van der Waals surface area contributed by atoms with Gasteiger partial charge in [0.25, 0.3) is 0 Å². The molecule has 0 aliphatic heterocycles. The molecule has 84 valence electrons. The van der Waals surface area contributed by atoms with E-state index in [0.29, 0.717) is 6.54 Å². The molecule has 0 aliphatic carbocycles. The zero-order valence-corrected chi connectivity index (χ0v) is 9.29. The van der Waals surface area contributed by atoms with Crippen molar-refractivity contribution in [2.75, 3.05) is 13.2 Å². The maximum absolute atomic E-state index is 12.8. The molecular weight excluding hydrogens is 193 g/mol. The second-order valence-corrected chi connectivity index (χ2v) is 3.53. The molecule has 3 heteroatoms. The van der Waals surface area contributed by atoms with Gasteiger partial charge in [-0.3, -0.25) is 0 Å². The molecule has 0 heterocycles. The highest BCUT2D eigenvalue weighted by Gasteiger charge is 2.00. The Morgan fingerprint density at radius 2 is 2.27 bits per heavy atom. The van der Waals surface area contributed by atoms with Crippen molar-refractivity contribution in [3.05, 3.63) is 35.6 Å². The van der Waals surface area contributed by atoms with E-state index in [0.717, 1.165) is 18.7 Å². The van der Waals surface area contributed by atoms with Crippen molar-refractivity contribution < 1.29 is 9.13 Å². The van der Waals surface area contributed by atoms with Gasteiger partial charge in [-0.05, 0) is 31.5 Å². The summed E-state index contributed by atoms with van der Waals surface area (Å²) >= 11 is 0. The minimum absolute atomic E-state index is 0.188. The first-order valence-corrected chi connectivity index (χ1v) is 5.29. The van der Waals surface area contributed by atoms with Crippen LogP contribution in [0.1, 0.15) is 19.4 Å². The summed E-state index contributed by atoms with van der Waals surface area (Å²) in [5.74, 6) is -0.188. The van der Waals surface area contributed by atoms with Crippen molar-refractivity contribution in [1.29, 1.82) is 0 Å². The largest absolute Gasteiger partial charge is 0.377 e. The van der Waals surface area contributed by atoms with Gasteiger partial charge in [-0.2, -0.15) is 0 Å². The third kappa shape index (κ3) is 4.91. The van der Waals surface area contributed by atoms with E-state index >= 15 is 0 Å². The Hall–Kier alpha value is -0.930. The molecular formula is C12H18FNO. The van der Waals surface area contributed by atoms with Gasteiger partial charge in [-0.1, -0.05) is 12.1 Å². The summed E-state index contributed by atoms with van der Waals surface area (Å²) < 4.78 is 18.2. The zero-order chi connectivity index (χ0) is 11.1. The fourth-order valence-electron chi connectivity index (χ4n) is 1.41. The van der Waals surface area contributed by atoms with E-state index < -0.39 is 0 Å². The molecule has 0 fully saturated rings. The quantitative estimate of drug-likeness (QED) is 0.779. The topological polar surface area (TPSA) is 21.3 Å². The maximum atomic E-state index is 12.8. The van der Waals surface area contributed by atoms with Crippen LogP contribution < -0.4 is 5.32 Å². The minimum Gasteiger partial charge on any atom is -0.377 e. The van der Waals surface area contributed by atoms with Crippen LogP contribution in [0.5, 0.6) is 0 Å². The maximum Gasteiger partial charge on any atom is 0.123 e. The minimum atomic E-state index is -0.188. The van der Waals surface area contributed by atoms with E-state index in [-0.39, 0.29) is 11.9 Å². The second kappa shape index (κ2) is 6.53. The van der Waals surface area contributed by atoms with Crippen LogP contribution in [0.25, 0.3) is 0 Å². The van der Waals surface area contributed by atoms with Gasteiger partial charge in [0, 0.05) is 19.7 Å². The molecule has 1 atom stereocenters. The van der Waals surface area contributed by atoms with Gasteiger partial charge in [0.2, 0.25) is 0 Å². The highest BCUT2D eigenvalue weighted by atomic mass is 19.1. The van der Waals surface area contributed by atoms with Gasteiger partial charge in [-0.25, -0.2) is 4.39 Å². The summed E-state index contributed by atoms with van der Waals surface area (Å²) in [4.78, 5) is 0. The van der Waals surface area contributed by atoms with Gasteiger partial charge in [0.15, 0.2) is 0 Å². The van der Waals surface area contributed by atoms with E-state index in [1.54, 1.807) is 12.1 Å². The first-order chi connectivity index (χ1) is 7.22. The van der Waals surface area contributed by atoms with E-state index in [4.69, 9.17) is 4.74 Å². The average Bonchev–Trinajstić information content (AvgIpc) is 2.18. The van der Waals surface area contributed by atoms with Crippen molar-refractivity contribution in [2.24, 2.45) is 0 Å². The van der Waals surface area contributed by atoms with Crippen molar-refractivity contribution >= 4 is 0 Å². The van der Waals surface area contributed by atoms with Crippen LogP contribution >= 0.6 is 0 Å². The van der Waals surface area contributed by atoms with Gasteiger partial charge < -0.3 is 10.1 Å². The van der Waals surface area contributed by atoms with Gasteiger partial charge in [0.05, 0.1) is 6.10 Å². The normalized spacial score (nSPS) is 12.7. The molecule has 2 nitrogen and oxygen atoms in total. The van der Waals surface area contributed by atoms with Crippen molar-refractivity contribution in [2.45, 2.75) is 26.5 Å². The summed E-state index contributed by atoms with van der Waals surface area (Å²) in [6, 6.07) is 6.62. The monoisotopic (exact) mass is 211 g/mol. The SMILES string of the molecule is CCOC(C)CNCc1cccc(F)c1. The van der Waals surface area contributed by atoms with Crippen molar-refractivity contribution in [3.63, 3.8) is 0 Å². The Morgan fingerprint density at radius 3 is 2.93 bits per heavy atom. The molecule has 0 spiro atoms. The number of hydrogen-bond acceptors (Lipinski definition) is 2. The fourth-order valence-corrected chi connectivity index (χ4v) is 1.41. The lowest BCUT2D eigenvalue weighted by Crippen LogP contribution is -2.26. The van der Waals surface area contributed by atoms with Crippen LogP contribution in [0.15, 0.2) is 24.3 Å². The lowest BCUT2D eigenvalue weighted by Gasteiger charge is -2.12. The highest BCUT2D eigenvalue weighted by molar-refractivity contribution is 5.15. The van der Waals surface area contributed by atoms with E-state index in [9.17, 15) is 4.39 Å². The molecule has 0 radical (unpaired) electrons. The fraction of sp³-hybridized carbons (Fsp3) is 0.500. The molecule has 1 unspecified atom stereocenters. The van der Waals surface area contributed by atoms with Gasteiger partial charge >= 0.3 is 0 Å². The molecule has 0 amide bonds. The Morgan fingerprint density at radius 1 is 1.47 bits per heavy atom. The number of halogens is 1. The highest BCUT2D eigenvalue weighted by Crippen LogP contribution is 2.02. The van der Waals surface area contributed by atoms with Crippen LogP contribution in [-0.2, 0) is 11.3 Å². The number of hydrogen-bond donors (Lipinski definition) is 1. The molecule has 0 saturated heterocycles. The van der Waals surface area contributed by atoms with Crippen molar-refractivity contribution in [3.8, 4) is 0 Å². The molecule has 0 aliphatic rings. The van der Waals surface area contributed by atoms with Crippen molar-refractivity contribution in [1.82, 2.24) is 5.32 Å². The molecule has 1 aromatic rings. The molecule has 1 N–H and O–H groups in total. The Labute approximate surface area is 90.4 Å². The van der Waals surface area contributed by atoms with E-state index in [1.165, 1.54) is 6.07 Å². The molecule has 0 bridgehead atoms. The smallest absolute Gasteiger partial charge is 0.123 e. The number of rotatable bonds is 6. The van der Waals surface area contributed by atoms with Gasteiger partial charge in [-0.15, -0.1) is 0 Å². The summed E-state index contributed by atoms with van der Waals surface area (Å²) in [7, 11) is 0. The van der Waals surface area contributed by atoms with Crippen LogP contribution in [0, 0.1) is 5.82 Å². The zero-order valence-electron chi connectivity index (χ0n) is 9.29. The first kappa shape index (κ1) is 12.1. The van der Waals surface area contributed by atoms with Crippen LogP contribution in [0.3, 0.4) is 0 Å². The molecule has 0 aromatic heterocycles. The Bertz CT molecular complexity index is 291. The summed E-state index contributed by atoms with van der Waals surface area (Å²) in [5, 5.41) is 3.22. The van der Waals surface area contributed by atoms with Crippen LogP contribution in [0.2, 0.25) is 0 Å². The standard InChI is InChI=1S/C12H18FNO/c1-3-15-10(2)8-14-9-11-5-4-6-12(13)7-11/h4-7,10,14H,3,8-9H2,1-2H3. The molecule has 15 heavy (non-hydrogen) atoms. The lowest BCUT2D eigenvalue weighted by molar-refractivity contribution is 0.0759. The average molecular weight is 211 g/mol. The lowest BCUT2D eigenvalue weighted by atomic mass is 10.2. The first-order valence-electron chi connectivity index (χ1n) is 5.29. The third-order valence-electron chi connectivity index (χ3n) is 2.10. The molecule has 0 saturated carbocycles. The second-order valence-electron chi connectivity index (χ2n) is 3.53. The molecule has 1 aromatic carbocycles. The third-order valence-corrected chi connectivity index (χ3v) is 2.10. The number of nitrogens with one attached hydrogen (secondary N) is 1. The Kier molecular flexibility index (Phi) is 5.29. The number of benzene rings is 1. The summed E-state index contributed by atoms with van der Waals surface area (Å²) in [5.41, 5.74) is 0.957. The molecule has 1 rings (SSSR count). The number of ether oxygens (including phenoxy) is 1. The summed E-state index contributed by atoms with van der Waals surface area (Å²) in [6.07, 6.45) is 0.198. The van der Waals surface area contributed by atoms with Crippen LogP contribution in [0.4, 0.5) is 4.39 Å². The van der Waals surface area contributed by atoms with Gasteiger partial charge in [0.1, 0.15) is 5.82 Å². The Balaban J connectivity index is 2.25. The predicted molar refractivity (Wildman–Crippen MR) is 59.2 cm³/mol. The summed E-state index contributed by atoms with van der Waals surface area (Å²) in [6.45, 7) is 6.17. The predicted octanol–water partition coefficient (Wildman–Crippen LogP) is 2.34.